The molecule has 2 aromatic rings. The van der Waals surface area contributed by atoms with Crippen LogP contribution >= 0.6 is 0 Å². The zero-order valence-electron chi connectivity index (χ0n) is 11.7. The number of fused-ring (bicyclic) bond motifs is 1. The van der Waals surface area contributed by atoms with Gasteiger partial charge in [0.2, 0.25) is 0 Å². The Labute approximate surface area is 119 Å². The van der Waals surface area contributed by atoms with Gasteiger partial charge in [-0.2, -0.15) is 5.10 Å². The smallest absolute Gasteiger partial charge is 0.122 e. The van der Waals surface area contributed by atoms with Crippen molar-refractivity contribution in [3.8, 4) is 5.75 Å². The second-order valence-electron chi connectivity index (χ2n) is 6.20. The number of hydrogen-bond acceptors (Lipinski definition) is 3. The topological polar surface area (TPSA) is 30.3 Å². The van der Waals surface area contributed by atoms with Crippen LogP contribution in [-0.4, -0.2) is 34.4 Å². The lowest BCUT2D eigenvalue weighted by Crippen LogP contribution is -2.60. The summed E-state index contributed by atoms with van der Waals surface area (Å²) in [6.07, 6.45) is 3.15. The maximum atomic E-state index is 5.94. The van der Waals surface area contributed by atoms with E-state index in [0.29, 0.717) is 5.41 Å². The minimum Gasteiger partial charge on any atom is -0.493 e. The molecule has 4 nitrogen and oxygen atoms in total. The van der Waals surface area contributed by atoms with Crippen molar-refractivity contribution in [1.82, 2.24) is 14.7 Å². The lowest BCUT2D eigenvalue weighted by molar-refractivity contribution is -0.0484. The third kappa shape index (κ3) is 2.00. The molecule has 1 spiro atoms. The number of ether oxygens (including phenoxy) is 1. The molecule has 2 aliphatic rings. The number of rotatable bonds is 2. The molecule has 1 saturated heterocycles. The van der Waals surface area contributed by atoms with Gasteiger partial charge in [0.1, 0.15) is 5.75 Å². The molecule has 4 heteroatoms. The van der Waals surface area contributed by atoms with Gasteiger partial charge in [-0.15, -0.1) is 0 Å². The predicted octanol–water partition coefficient (Wildman–Crippen LogP) is 1.86. The van der Waals surface area contributed by atoms with E-state index in [1.54, 1.807) is 0 Å². The monoisotopic (exact) mass is 269 g/mol. The predicted molar refractivity (Wildman–Crippen MR) is 76.6 cm³/mol. The normalized spacial score (nSPS) is 20.2. The van der Waals surface area contributed by atoms with Crippen molar-refractivity contribution >= 4 is 0 Å². The molecule has 1 aromatic heterocycles. The Hall–Kier alpha value is -1.81. The van der Waals surface area contributed by atoms with Gasteiger partial charge in [0.05, 0.1) is 12.3 Å². The first-order valence-electron chi connectivity index (χ1n) is 7.14. The molecule has 4 rings (SSSR count). The second-order valence-corrected chi connectivity index (χ2v) is 6.20. The summed E-state index contributed by atoms with van der Waals surface area (Å²) in [4.78, 5) is 2.46. The first kappa shape index (κ1) is 12.0. The maximum absolute atomic E-state index is 5.94. The fraction of sp³-hybridized carbons (Fsp3) is 0.438. The highest BCUT2D eigenvalue weighted by molar-refractivity contribution is 5.36. The molecule has 0 radical (unpaired) electrons. The number of nitrogens with zero attached hydrogens (tertiary/aromatic N) is 3. The Morgan fingerprint density at radius 2 is 2.10 bits per heavy atom. The molecule has 0 N–H and O–H groups in total. The van der Waals surface area contributed by atoms with Gasteiger partial charge in [-0.05, 0) is 24.1 Å². The van der Waals surface area contributed by atoms with Crippen LogP contribution in [0.5, 0.6) is 5.75 Å². The summed E-state index contributed by atoms with van der Waals surface area (Å²) in [5.74, 6) is 1.07. The summed E-state index contributed by atoms with van der Waals surface area (Å²) in [5.41, 5.74) is 2.83. The Bertz CT molecular complexity index is 628. The van der Waals surface area contributed by atoms with Gasteiger partial charge in [-0.25, -0.2) is 0 Å². The molecule has 104 valence electrons. The highest BCUT2D eigenvalue weighted by Crippen LogP contribution is 2.41. The molecule has 0 amide bonds. The van der Waals surface area contributed by atoms with Crippen molar-refractivity contribution in [3.05, 3.63) is 47.8 Å². The van der Waals surface area contributed by atoms with Crippen molar-refractivity contribution in [2.45, 2.75) is 13.0 Å². The number of aromatic nitrogens is 2. The van der Waals surface area contributed by atoms with Crippen molar-refractivity contribution in [2.24, 2.45) is 12.5 Å². The minimum absolute atomic E-state index is 0.323. The molecule has 0 bridgehead atoms. The maximum Gasteiger partial charge on any atom is 0.122 e. The van der Waals surface area contributed by atoms with E-state index in [2.05, 4.69) is 34.3 Å². The zero-order chi connectivity index (χ0) is 13.6. The zero-order valence-corrected chi connectivity index (χ0v) is 11.7. The second kappa shape index (κ2) is 4.35. The molecule has 2 aliphatic heterocycles. The van der Waals surface area contributed by atoms with Gasteiger partial charge in [0.15, 0.2) is 0 Å². The quantitative estimate of drug-likeness (QED) is 0.833. The third-order valence-corrected chi connectivity index (χ3v) is 4.34. The van der Waals surface area contributed by atoms with Crippen LogP contribution in [0.25, 0.3) is 0 Å². The van der Waals surface area contributed by atoms with Crippen LogP contribution < -0.4 is 4.74 Å². The molecule has 0 aliphatic carbocycles. The molecular weight excluding hydrogens is 250 g/mol. The standard InChI is InChI=1S/C16H19N3O/c1-18-7-6-14(17-18)9-19-10-16(11-19)8-13-4-2-3-5-15(13)20-12-16/h2-7H,8-12H2,1H3. The van der Waals surface area contributed by atoms with Crippen molar-refractivity contribution in [2.75, 3.05) is 19.7 Å². The van der Waals surface area contributed by atoms with Gasteiger partial charge in [0, 0.05) is 38.3 Å². The van der Waals surface area contributed by atoms with Gasteiger partial charge < -0.3 is 4.74 Å². The number of likely N-dealkylation sites (tertiary alicyclic amines) is 1. The summed E-state index contributed by atoms with van der Waals surface area (Å²) in [7, 11) is 1.97. The Kier molecular flexibility index (Phi) is 2.60. The van der Waals surface area contributed by atoms with E-state index in [9.17, 15) is 0 Å². The number of benzene rings is 1. The van der Waals surface area contributed by atoms with Gasteiger partial charge in [0.25, 0.3) is 0 Å². The van der Waals surface area contributed by atoms with Gasteiger partial charge in [-0.1, -0.05) is 18.2 Å². The summed E-state index contributed by atoms with van der Waals surface area (Å²) >= 11 is 0. The van der Waals surface area contributed by atoms with E-state index < -0.39 is 0 Å². The molecule has 20 heavy (non-hydrogen) atoms. The molecule has 3 heterocycles. The van der Waals surface area contributed by atoms with E-state index in [4.69, 9.17) is 4.74 Å². The van der Waals surface area contributed by atoms with Crippen LogP contribution in [0.15, 0.2) is 36.5 Å². The molecule has 0 atom stereocenters. The molecule has 0 unspecified atom stereocenters. The summed E-state index contributed by atoms with van der Waals surface area (Å²) in [6, 6.07) is 10.5. The summed E-state index contributed by atoms with van der Waals surface area (Å²) in [5, 5.41) is 4.45. The first-order valence-corrected chi connectivity index (χ1v) is 7.14. The third-order valence-electron chi connectivity index (χ3n) is 4.34. The Morgan fingerprint density at radius 3 is 2.90 bits per heavy atom. The molecule has 0 saturated carbocycles. The van der Waals surface area contributed by atoms with E-state index >= 15 is 0 Å². The lowest BCUT2D eigenvalue weighted by Gasteiger charge is -2.51. The Balaban J connectivity index is 1.41. The Morgan fingerprint density at radius 1 is 1.25 bits per heavy atom. The average molecular weight is 269 g/mol. The molecular formula is C16H19N3O. The summed E-state index contributed by atoms with van der Waals surface area (Å²) in [6.45, 7) is 4.02. The molecule has 1 aromatic carbocycles. The number of hydrogen-bond donors (Lipinski definition) is 0. The van der Waals surface area contributed by atoms with Crippen LogP contribution in [-0.2, 0) is 20.0 Å². The van der Waals surface area contributed by atoms with Gasteiger partial charge in [-0.3, -0.25) is 9.58 Å². The van der Waals surface area contributed by atoms with E-state index in [1.807, 2.05) is 24.0 Å². The van der Waals surface area contributed by atoms with Crippen LogP contribution in [0.3, 0.4) is 0 Å². The van der Waals surface area contributed by atoms with E-state index in [1.165, 1.54) is 5.56 Å². The van der Waals surface area contributed by atoms with Crippen molar-refractivity contribution in [3.63, 3.8) is 0 Å². The van der Waals surface area contributed by atoms with Crippen LogP contribution in [0.2, 0.25) is 0 Å². The lowest BCUT2D eigenvalue weighted by atomic mass is 9.74. The van der Waals surface area contributed by atoms with Crippen LogP contribution in [0.4, 0.5) is 0 Å². The van der Waals surface area contributed by atoms with Crippen LogP contribution in [0.1, 0.15) is 11.3 Å². The highest BCUT2D eigenvalue weighted by atomic mass is 16.5. The van der Waals surface area contributed by atoms with Gasteiger partial charge >= 0.3 is 0 Å². The summed E-state index contributed by atoms with van der Waals surface area (Å²) < 4.78 is 7.80. The van der Waals surface area contributed by atoms with Crippen molar-refractivity contribution in [1.29, 1.82) is 0 Å². The minimum atomic E-state index is 0.323. The number of aryl methyl sites for hydroxylation is 1. The number of para-hydroxylation sites is 1. The largest absolute Gasteiger partial charge is 0.493 e. The van der Waals surface area contributed by atoms with Crippen LogP contribution in [0, 0.1) is 5.41 Å². The molecule has 1 fully saturated rings. The van der Waals surface area contributed by atoms with Crippen molar-refractivity contribution < 1.29 is 4.74 Å². The highest BCUT2D eigenvalue weighted by Gasteiger charge is 2.46. The van der Waals surface area contributed by atoms with E-state index in [-0.39, 0.29) is 0 Å². The SMILES string of the molecule is Cn1ccc(CN2CC3(COc4ccccc4C3)C2)n1. The first-order chi connectivity index (χ1) is 9.72. The van der Waals surface area contributed by atoms with E-state index in [0.717, 1.165) is 44.1 Å². The average Bonchev–Trinajstić information content (AvgIpc) is 2.82. The fourth-order valence-corrected chi connectivity index (χ4v) is 3.47. The fourth-order valence-electron chi connectivity index (χ4n) is 3.47.